The van der Waals surface area contributed by atoms with Gasteiger partial charge < -0.3 is 14.3 Å². The van der Waals surface area contributed by atoms with E-state index in [4.69, 9.17) is 4.52 Å². The van der Waals surface area contributed by atoms with Crippen molar-refractivity contribution in [2.24, 2.45) is 5.92 Å². The number of benzene rings is 1. The highest BCUT2D eigenvalue weighted by atomic mass is 16.5. The average molecular weight is 366 g/mol. The van der Waals surface area contributed by atoms with Crippen molar-refractivity contribution in [1.29, 1.82) is 0 Å². The number of piperidine rings is 1. The number of aromatic nitrogens is 2. The quantitative estimate of drug-likeness (QED) is 0.833. The number of rotatable bonds is 3. The van der Waals surface area contributed by atoms with Crippen molar-refractivity contribution in [2.45, 2.75) is 37.6 Å². The molecule has 1 aromatic carbocycles. The number of hydrogen-bond acceptors (Lipinski definition) is 5. The zero-order valence-corrected chi connectivity index (χ0v) is 15.3. The molecule has 7 nitrogen and oxygen atoms in total. The summed E-state index contributed by atoms with van der Waals surface area (Å²) in [5.41, 5.74) is 1.50. The number of likely N-dealkylation sites (tertiary alicyclic amines) is 2. The summed E-state index contributed by atoms with van der Waals surface area (Å²) in [5, 5.41) is 4.04. The minimum Gasteiger partial charge on any atom is -0.341 e. The molecule has 2 aliphatic heterocycles. The molecule has 0 N–H and O–H groups in total. The molecular weight excluding hydrogens is 344 g/mol. The molecule has 3 fully saturated rings. The molecule has 1 aromatic heterocycles. The van der Waals surface area contributed by atoms with Crippen LogP contribution >= 0.6 is 0 Å². The molecule has 0 unspecified atom stereocenters. The maximum atomic E-state index is 12.9. The fourth-order valence-corrected chi connectivity index (χ4v) is 4.19. The zero-order valence-electron chi connectivity index (χ0n) is 15.3. The van der Waals surface area contributed by atoms with Crippen LogP contribution in [-0.4, -0.2) is 57.9 Å². The molecular formula is C20H22N4O3. The van der Waals surface area contributed by atoms with Gasteiger partial charge in [-0.1, -0.05) is 17.3 Å². The SMILES string of the molecule is CN1C(=O)C[C@H]2CCN(C(=O)c3ccc(-c4noc(C5CC5)n4)cc3)C[C@H]21. The number of carbonyl (C=O) groups excluding carboxylic acids is 2. The molecule has 5 rings (SSSR count). The summed E-state index contributed by atoms with van der Waals surface area (Å²) in [6.07, 6.45) is 3.74. The second kappa shape index (κ2) is 6.18. The van der Waals surface area contributed by atoms with Gasteiger partial charge in [-0.05, 0) is 37.3 Å². The number of hydrogen-bond donors (Lipinski definition) is 0. The van der Waals surface area contributed by atoms with Crippen LogP contribution in [0.15, 0.2) is 28.8 Å². The van der Waals surface area contributed by atoms with E-state index in [1.54, 1.807) is 4.90 Å². The van der Waals surface area contributed by atoms with Gasteiger partial charge in [-0.25, -0.2) is 0 Å². The fourth-order valence-electron chi connectivity index (χ4n) is 4.19. The third-order valence-corrected chi connectivity index (χ3v) is 6.09. The van der Waals surface area contributed by atoms with Gasteiger partial charge >= 0.3 is 0 Å². The summed E-state index contributed by atoms with van der Waals surface area (Å²) in [5.74, 6) is 2.29. The number of likely N-dealkylation sites (N-methyl/N-ethyl adjacent to an activating group) is 1. The first-order valence-electron chi connectivity index (χ1n) is 9.59. The van der Waals surface area contributed by atoms with Gasteiger partial charge in [0.05, 0.1) is 6.04 Å². The number of nitrogens with zero attached hydrogens (tertiary/aromatic N) is 4. The standard InChI is InChI=1S/C20H22N4O3/c1-23-16-11-24(9-8-15(16)10-17(23)25)20(26)14-6-2-12(3-7-14)18-21-19(27-22-18)13-4-5-13/h2-3,6-7,13,15-16H,4-5,8-11H2,1H3/t15-,16-/m1/s1. The average Bonchev–Trinajstić information content (AvgIpc) is 3.36. The third kappa shape index (κ3) is 2.91. The maximum absolute atomic E-state index is 12.9. The van der Waals surface area contributed by atoms with Gasteiger partial charge in [-0.15, -0.1) is 0 Å². The second-order valence-corrected chi connectivity index (χ2v) is 7.88. The van der Waals surface area contributed by atoms with Crippen LogP contribution in [0.4, 0.5) is 0 Å². The summed E-state index contributed by atoms with van der Waals surface area (Å²) in [7, 11) is 1.84. The van der Waals surface area contributed by atoms with Crippen LogP contribution in [0, 0.1) is 5.92 Å². The van der Waals surface area contributed by atoms with Crippen molar-refractivity contribution in [3.63, 3.8) is 0 Å². The van der Waals surface area contributed by atoms with E-state index in [9.17, 15) is 9.59 Å². The molecule has 0 radical (unpaired) electrons. The minimum atomic E-state index is 0.0135. The van der Waals surface area contributed by atoms with Gasteiger partial charge in [0.15, 0.2) is 0 Å². The Morgan fingerprint density at radius 3 is 2.70 bits per heavy atom. The Bertz CT molecular complexity index is 887. The Labute approximate surface area is 157 Å². The topological polar surface area (TPSA) is 79.5 Å². The molecule has 140 valence electrons. The molecule has 0 spiro atoms. The highest BCUT2D eigenvalue weighted by molar-refractivity contribution is 5.95. The smallest absolute Gasteiger partial charge is 0.253 e. The predicted molar refractivity (Wildman–Crippen MR) is 96.9 cm³/mol. The van der Waals surface area contributed by atoms with Gasteiger partial charge in [0.2, 0.25) is 17.6 Å². The summed E-state index contributed by atoms with van der Waals surface area (Å²) in [6, 6.07) is 7.52. The van der Waals surface area contributed by atoms with Crippen molar-refractivity contribution in [1.82, 2.24) is 19.9 Å². The lowest BCUT2D eigenvalue weighted by Crippen LogP contribution is -2.49. The first kappa shape index (κ1) is 16.5. The Hall–Kier alpha value is -2.70. The van der Waals surface area contributed by atoms with E-state index < -0.39 is 0 Å². The van der Waals surface area contributed by atoms with Crippen LogP contribution in [0.2, 0.25) is 0 Å². The van der Waals surface area contributed by atoms with Gasteiger partial charge in [0, 0.05) is 43.6 Å². The molecule has 2 saturated heterocycles. The zero-order chi connectivity index (χ0) is 18.5. The molecule has 27 heavy (non-hydrogen) atoms. The number of fused-ring (bicyclic) bond motifs is 1. The summed E-state index contributed by atoms with van der Waals surface area (Å²) in [6.45, 7) is 1.32. The van der Waals surface area contributed by atoms with Crippen LogP contribution in [0.5, 0.6) is 0 Å². The van der Waals surface area contributed by atoms with E-state index in [1.807, 2.05) is 36.2 Å². The Morgan fingerprint density at radius 1 is 1.19 bits per heavy atom. The molecule has 1 aliphatic carbocycles. The van der Waals surface area contributed by atoms with Crippen LogP contribution < -0.4 is 0 Å². The minimum absolute atomic E-state index is 0.0135. The number of amides is 2. The Kier molecular flexibility index (Phi) is 3.77. The van der Waals surface area contributed by atoms with E-state index in [0.29, 0.717) is 48.6 Å². The molecule has 2 atom stereocenters. The second-order valence-electron chi connectivity index (χ2n) is 7.88. The summed E-state index contributed by atoms with van der Waals surface area (Å²) >= 11 is 0. The highest BCUT2D eigenvalue weighted by Gasteiger charge is 2.42. The van der Waals surface area contributed by atoms with Gasteiger partial charge in [0.1, 0.15) is 0 Å². The van der Waals surface area contributed by atoms with E-state index >= 15 is 0 Å². The van der Waals surface area contributed by atoms with E-state index in [1.165, 1.54) is 0 Å². The van der Waals surface area contributed by atoms with Crippen molar-refractivity contribution >= 4 is 11.8 Å². The maximum Gasteiger partial charge on any atom is 0.253 e. The van der Waals surface area contributed by atoms with Crippen LogP contribution in [-0.2, 0) is 4.79 Å². The first-order valence-corrected chi connectivity index (χ1v) is 9.59. The summed E-state index contributed by atoms with van der Waals surface area (Å²) in [4.78, 5) is 32.9. The monoisotopic (exact) mass is 366 g/mol. The van der Waals surface area contributed by atoms with Crippen LogP contribution in [0.3, 0.4) is 0 Å². The third-order valence-electron chi connectivity index (χ3n) is 6.09. The summed E-state index contributed by atoms with van der Waals surface area (Å²) < 4.78 is 5.31. The highest BCUT2D eigenvalue weighted by Crippen LogP contribution is 2.39. The van der Waals surface area contributed by atoms with E-state index in [0.717, 1.165) is 24.8 Å². The van der Waals surface area contributed by atoms with E-state index in [2.05, 4.69) is 10.1 Å². The van der Waals surface area contributed by atoms with Gasteiger partial charge in [-0.3, -0.25) is 9.59 Å². The molecule has 3 heterocycles. The largest absolute Gasteiger partial charge is 0.341 e. The molecule has 7 heteroatoms. The Morgan fingerprint density at radius 2 is 1.96 bits per heavy atom. The van der Waals surface area contributed by atoms with Gasteiger partial charge in [0.25, 0.3) is 5.91 Å². The predicted octanol–water partition coefficient (Wildman–Crippen LogP) is 2.31. The lowest BCUT2D eigenvalue weighted by Gasteiger charge is -2.37. The molecule has 2 amide bonds. The van der Waals surface area contributed by atoms with Gasteiger partial charge in [-0.2, -0.15) is 4.98 Å². The molecule has 2 aromatic rings. The Balaban J connectivity index is 1.29. The van der Waals surface area contributed by atoms with Crippen molar-refractivity contribution in [2.75, 3.05) is 20.1 Å². The fraction of sp³-hybridized carbons (Fsp3) is 0.500. The first-order chi connectivity index (χ1) is 13.1. The van der Waals surface area contributed by atoms with E-state index in [-0.39, 0.29) is 17.9 Å². The van der Waals surface area contributed by atoms with Crippen LogP contribution in [0.1, 0.15) is 47.8 Å². The lowest BCUT2D eigenvalue weighted by atomic mass is 9.92. The molecule has 0 bridgehead atoms. The van der Waals surface area contributed by atoms with Crippen molar-refractivity contribution < 1.29 is 14.1 Å². The normalized spacial score (nSPS) is 25.0. The van der Waals surface area contributed by atoms with Crippen molar-refractivity contribution in [3.8, 4) is 11.4 Å². The van der Waals surface area contributed by atoms with Crippen molar-refractivity contribution in [3.05, 3.63) is 35.7 Å². The molecule has 1 saturated carbocycles. The molecule has 3 aliphatic rings. The van der Waals surface area contributed by atoms with Crippen LogP contribution in [0.25, 0.3) is 11.4 Å². The number of carbonyl (C=O) groups is 2. The lowest BCUT2D eigenvalue weighted by molar-refractivity contribution is -0.127.